The van der Waals surface area contributed by atoms with Crippen LogP contribution in [-0.4, -0.2) is 4.98 Å². The van der Waals surface area contributed by atoms with Gasteiger partial charge in [-0.1, -0.05) is 88.3 Å². The van der Waals surface area contributed by atoms with Gasteiger partial charge in [0.15, 0.2) is 0 Å². The second-order valence-corrected chi connectivity index (χ2v) is 6.73. The van der Waals surface area contributed by atoms with Crippen molar-refractivity contribution < 1.29 is 0 Å². The maximum atomic E-state index is 3.78. The van der Waals surface area contributed by atoms with E-state index in [0.29, 0.717) is 0 Å². The molecule has 0 radical (unpaired) electrons. The van der Waals surface area contributed by atoms with Gasteiger partial charge in [0.2, 0.25) is 0 Å². The lowest BCUT2D eigenvalue weighted by Crippen LogP contribution is -1.66. The molecule has 0 saturated heterocycles. The zero-order chi connectivity index (χ0) is 16.7. The van der Waals surface area contributed by atoms with Gasteiger partial charge in [-0.05, 0) is 46.2 Å². The Morgan fingerprint density at radius 3 is 1.29 bits per heavy atom. The average Bonchev–Trinajstić information content (AvgIpc) is 2.68. The van der Waals surface area contributed by atoms with Crippen molar-refractivity contribution in [2.75, 3.05) is 0 Å². The van der Waals surface area contributed by atoms with E-state index in [1.54, 1.807) is 34.0 Å². The lowest BCUT2D eigenvalue weighted by Gasteiger charge is -1.92. The third kappa shape index (κ3) is 8.42. The fourth-order valence-electron chi connectivity index (χ4n) is 1.72. The van der Waals surface area contributed by atoms with Gasteiger partial charge in [0.25, 0.3) is 0 Å². The van der Waals surface area contributed by atoms with Crippen LogP contribution >= 0.6 is 21.6 Å². The molecular weight excluding hydrogens is 330 g/mol. The van der Waals surface area contributed by atoms with Gasteiger partial charge in [-0.15, -0.1) is 0 Å². The third-order valence-electron chi connectivity index (χ3n) is 2.85. The predicted octanol–water partition coefficient (Wildman–Crippen LogP) is 6.79. The van der Waals surface area contributed by atoms with Gasteiger partial charge in [0.1, 0.15) is 0 Å². The highest BCUT2D eigenvalue weighted by Gasteiger charge is 1.84. The van der Waals surface area contributed by atoms with Crippen molar-refractivity contribution >= 4 is 33.7 Å². The molecule has 0 aliphatic carbocycles. The maximum Gasteiger partial charge on any atom is 0.0267 e. The first kappa shape index (κ1) is 18.1. The molecule has 0 atom stereocenters. The van der Waals surface area contributed by atoms with E-state index in [0.717, 1.165) is 0 Å². The minimum absolute atomic E-state index is 1.23. The van der Waals surface area contributed by atoms with Crippen molar-refractivity contribution in [3.8, 4) is 0 Å². The van der Waals surface area contributed by atoms with Crippen LogP contribution in [0, 0.1) is 0 Å². The summed E-state index contributed by atoms with van der Waals surface area (Å²) in [6.07, 6.45) is 7.74. The van der Waals surface area contributed by atoms with Crippen LogP contribution in [0.1, 0.15) is 11.1 Å². The SMILES string of the molecule is C(=C\c1ccccc1)/SS/C=C/c1ccccc1.c1ccncc1. The van der Waals surface area contributed by atoms with Gasteiger partial charge >= 0.3 is 0 Å². The van der Waals surface area contributed by atoms with E-state index < -0.39 is 0 Å². The number of hydrogen-bond donors (Lipinski definition) is 0. The van der Waals surface area contributed by atoms with Crippen molar-refractivity contribution in [3.05, 3.63) is 113 Å². The van der Waals surface area contributed by atoms with Crippen molar-refractivity contribution in [1.82, 2.24) is 4.98 Å². The molecule has 0 unspecified atom stereocenters. The fourth-order valence-corrected chi connectivity index (χ4v) is 2.99. The molecular formula is C21H19NS2. The Balaban J connectivity index is 0.000000292. The molecule has 0 aliphatic rings. The molecule has 0 fully saturated rings. The van der Waals surface area contributed by atoms with Crippen LogP contribution < -0.4 is 0 Å². The van der Waals surface area contributed by atoms with Crippen molar-refractivity contribution in [2.45, 2.75) is 0 Å². The van der Waals surface area contributed by atoms with Gasteiger partial charge in [-0.2, -0.15) is 0 Å². The second kappa shape index (κ2) is 12.2. The van der Waals surface area contributed by atoms with Crippen LogP contribution in [0.2, 0.25) is 0 Å². The molecule has 3 heteroatoms. The van der Waals surface area contributed by atoms with Gasteiger partial charge < -0.3 is 0 Å². The molecule has 24 heavy (non-hydrogen) atoms. The van der Waals surface area contributed by atoms with Crippen LogP contribution in [0.25, 0.3) is 12.2 Å². The molecule has 0 spiro atoms. The molecule has 2 aromatic carbocycles. The van der Waals surface area contributed by atoms with Crippen LogP contribution in [0.3, 0.4) is 0 Å². The summed E-state index contributed by atoms with van der Waals surface area (Å²) in [4.78, 5) is 3.78. The molecule has 120 valence electrons. The summed E-state index contributed by atoms with van der Waals surface area (Å²) in [6, 6.07) is 26.4. The minimum Gasteiger partial charge on any atom is -0.265 e. The summed E-state index contributed by atoms with van der Waals surface area (Å²) in [7, 11) is 3.43. The highest BCUT2D eigenvalue weighted by molar-refractivity contribution is 8.79. The lowest BCUT2D eigenvalue weighted by molar-refractivity contribution is 1.33. The van der Waals surface area contributed by atoms with Crippen LogP contribution in [0.15, 0.2) is 102 Å². The number of hydrogen-bond acceptors (Lipinski definition) is 3. The monoisotopic (exact) mass is 349 g/mol. The molecule has 1 nitrogen and oxygen atoms in total. The Bertz CT molecular complexity index is 634. The largest absolute Gasteiger partial charge is 0.265 e. The van der Waals surface area contributed by atoms with E-state index >= 15 is 0 Å². The van der Waals surface area contributed by atoms with Crippen molar-refractivity contribution in [3.63, 3.8) is 0 Å². The molecule has 0 amide bonds. The van der Waals surface area contributed by atoms with Gasteiger partial charge in [-0.25, -0.2) is 0 Å². The Morgan fingerprint density at radius 1 is 0.542 bits per heavy atom. The van der Waals surface area contributed by atoms with Crippen LogP contribution in [0.5, 0.6) is 0 Å². The molecule has 3 aromatic rings. The van der Waals surface area contributed by atoms with Gasteiger partial charge in [0.05, 0.1) is 0 Å². The molecule has 1 aromatic heterocycles. The van der Waals surface area contributed by atoms with Gasteiger partial charge in [-0.3, -0.25) is 4.98 Å². The molecule has 1 heterocycles. The smallest absolute Gasteiger partial charge is 0.0267 e. The maximum absolute atomic E-state index is 3.78. The highest BCUT2D eigenvalue weighted by Crippen LogP contribution is 2.25. The molecule has 0 saturated carbocycles. The van der Waals surface area contributed by atoms with Gasteiger partial charge in [0, 0.05) is 12.4 Å². The Labute approximate surface area is 151 Å². The van der Waals surface area contributed by atoms with E-state index in [1.807, 2.05) is 54.6 Å². The van der Waals surface area contributed by atoms with Crippen LogP contribution in [0.4, 0.5) is 0 Å². The number of nitrogens with zero attached hydrogens (tertiary/aromatic N) is 1. The lowest BCUT2D eigenvalue weighted by atomic mass is 10.2. The third-order valence-corrected chi connectivity index (χ3v) is 4.46. The zero-order valence-corrected chi connectivity index (χ0v) is 14.9. The second-order valence-electron chi connectivity index (χ2n) is 4.64. The standard InChI is InChI=1S/C16H14S2.C5H5N/c1-3-7-15(8-4-1)11-13-17-18-14-12-16-9-5-2-6-10-16;1-2-4-6-5-3-1/h1-14H;1-5H/b13-11+,14-12+;. The Kier molecular flexibility index (Phi) is 9.23. The number of rotatable bonds is 5. The first-order valence-corrected chi connectivity index (χ1v) is 9.83. The average molecular weight is 350 g/mol. The van der Waals surface area contributed by atoms with Crippen molar-refractivity contribution in [1.29, 1.82) is 0 Å². The van der Waals surface area contributed by atoms with E-state index in [1.165, 1.54) is 11.1 Å². The van der Waals surface area contributed by atoms with Crippen molar-refractivity contribution in [2.24, 2.45) is 0 Å². The number of pyridine rings is 1. The highest BCUT2D eigenvalue weighted by atomic mass is 33.1. The Morgan fingerprint density at radius 2 is 0.958 bits per heavy atom. The molecule has 0 N–H and O–H groups in total. The van der Waals surface area contributed by atoms with Crippen LogP contribution in [-0.2, 0) is 0 Å². The molecule has 0 aliphatic heterocycles. The quantitative estimate of drug-likeness (QED) is 0.372. The summed E-state index contributed by atoms with van der Waals surface area (Å²) in [5.41, 5.74) is 2.47. The minimum atomic E-state index is 1.23. The first-order valence-electron chi connectivity index (χ1n) is 7.55. The number of benzene rings is 2. The summed E-state index contributed by atoms with van der Waals surface area (Å²) in [5.74, 6) is 0. The molecule has 0 bridgehead atoms. The molecule has 3 rings (SSSR count). The summed E-state index contributed by atoms with van der Waals surface area (Å²) >= 11 is 0. The van der Waals surface area contributed by atoms with E-state index in [-0.39, 0.29) is 0 Å². The van der Waals surface area contributed by atoms with E-state index in [4.69, 9.17) is 0 Å². The van der Waals surface area contributed by atoms with E-state index in [9.17, 15) is 0 Å². The first-order chi connectivity index (χ1) is 11.9. The Hall–Kier alpha value is -2.23. The van der Waals surface area contributed by atoms with E-state index in [2.05, 4.69) is 52.2 Å². The topological polar surface area (TPSA) is 12.9 Å². The fraction of sp³-hybridized carbons (Fsp3) is 0. The number of aromatic nitrogens is 1. The summed E-state index contributed by atoms with van der Waals surface area (Å²) < 4.78 is 0. The normalized spacial score (nSPS) is 10.5. The zero-order valence-electron chi connectivity index (χ0n) is 13.2. The predicted molar refractivity (Wildman–Crippen MR) is 110 cm³/mol. The summed E-state index contributed by atoms with van der Waals surface area (Å²) in [5, 5.41) is 4.21. The summed E-state index contributed by atoms with van der Waals surface area (Å²) in [6.45, 7) is 0.